The van der Waals surface area contributed by atoms with Crippen LogP contribution < -0.4 is 0 Å². The molecule has 4 rings (SSSR count). The minimum absolute atomic E-state index is 0.543. The Bertz CT molecular complexity index is 452. The molecule has 0 aromatic carbocycles. The molecule has 0 radical (unpaired) electrons. The molecule has 0 spiro atoms. The van der Waals surface area contributed by atoms with Crippen LogP contribution in [0.15, 0.2) is 0 Å². The number of hydrogen-bond acceptors (Lipinski definition) is 2. The van der Waals surface area contributed by atoms with Crippen molar-refractivity contribution in [3.8, 4) is 0 Å². The fraction of sp³-hybridized carbons (Fsp3) is 1.00. The predicted octanol–water partition coefficient (Wildman–Crippen LogP) is 4.75. The van der Waals surface area contributed by atoms with Gasteiger partial charge in [-0.05, 0) is 60.2 Å². The third-order valence-electron chi connectivity index (χ3n) is 7.41. The van der Waals surface area contributed by atoms with Crippen molar-refractivity contribution >= 4 is 0 Å². The summed E-state index contributed by atoms with van der Waals surface area (Å²) in [5.41, 5.74) is 2.23. The Hall–Kier alpha value is -0.0800. The summed E-state index contributed by atoms with van der Waals surface area (Å²) in [5.74, 6) is 0. The van der Waals surface area contributed by atoms with E-state index in [2.05, 4.69) is 51.3 Å². The van der Waals surface area contributed by atoms with Crippen molar-refractivity contribution in [2.75, 3.05) is 19.8 Å². The number of likely N-dealkylation sites (tertiary alicyclic amines) is 2. The maximum atomic E-state index is 2.87. The highest BCUT2D eigenvalue weighted by Gasteiger charge is 2.53. The summed E-state index contributed by atoms with van der Waals surface area (Å²) in [6.07, 6.45) is 8.53. The molecule has 0 aromatic rings. The Kier molecular flexibility index (Phi) is 3.39. The Morgan fingerprint density at radius 3 is 1.43 bits per heavy atom. The first-order chi connectivity index (χ1) is 10.5. The first kappa shape index (κ1) is 16.4. The first-order valence-electron chi connectivity index (χ1n) is 9.95. The minimum Gasteiger partial charge on any atom is -0.287 e. The van der Waals surface area contributed by atoms with Gasteiger partial charge in [-0.15, -0.1) is 0 Å². The molecule has 2 heterocycles. The highest BCUT2D eigenvalue weighted by molar-refractivity contribution is 5.05. The highest BCUT2D eigenvalue weighted by atomic mass is 15.4. The van der Waals surface area contributed by atoms with Gasteiger partial charge in [-0.1, -0.05) is 41.5 Å². The monoisotopic (exact) mass is 318 g/mol. The lowest BCUT2D eigenvalue weighted by atomic mass is 9.65. The van der Waals surface area contributed by atoms with Gasteiger partial charge < -0.3 is 0 Å². The van der Waals surface area contributed by atoms with Crippen LogP contribution in [0.3, 0.4) is 0 Å². The van der Waals surface area contributed by atoms with E-state index >= 15 is 0 Å². The van der Waals surface area contributed by atoms with E-state index in [1.54, 1.807) is 0 Å². The van der Waals surface area contributed by atoms with Crippen molar-refractivity contribution in [2.45, 2.75) is 92.2 Å². The molecule has 0 aromatic heterocycles. The molecule has 0 amide bonds. The molecule has 4 bridgehead atoms. The van der Waals surface area contributed by atoms with E-state index in [-0.39, 0.29) is 0 Å². The number of hydrogen-bond donors (Lipinski definition) is 0. The summed E-state index contributed by atoms with van der Waals surface area (Å²) < 4.78 is 0. The Balaban J connectivity index is 1.48. The molecule has 2 heteroatoms. The second kappa shape index (κ2) is 4.75. The Morgan fingerprint density at radius 1 is 0.652 bits per heavy atom. The molecule has 132 valence electrons. The van der Waals surface area contributed by atoms with Crippen LogP contribution in [0, 0.1) is 21.7 Å². The lowest BCUT2D eigenvalue weighted by Gasteiger charge is -2.40. The topological polar surface area (TPSA) is 6.48 Å². The number of fused-ring (bicyclic) bond motifs is 4. The summed E-state index contributed by atoms with van der Waals surface area (Å²) in [5, 5.41) is 0. The zero-order chi connectivity index (χ0) is 16.7. The van der Waals surface area contributed by atoms with Crippen molar-refractivity contribution in [1.82, 2.24) is 9.80 Å². The van der Waals surface area contributed by atoms with Crippen molar-refractivity contribution < 1.29 is 0 Å². The molecule has 0 N–H and O–H groups in total. The fourth-order valence-electron chi connectivity index (χ4n) is 7.72. The van der Waals surface area contributed by atoms with Gasteiger partial charge in [0, 0.05) is 25.2 Å². The van der Waals surface area contributed by atoms with Crippen LogP contribution in [-0.4, -0.2) is 41.6 Å². The lowest BCUT2D eigenvalue weighted by Crippen LogP contribution is -2.44. The maximum Gasteiger partial charge on any atom is 0.0512 e. The van der Waals surface area contributed by atoms with Crippen LogP contribution in [0.5, 0.6) is 0 Å². The summed E-state index contributed by atoms with van der Waals surface area (Å²) in [4.78, 5) is 5.73. The molecule has 2 aliphatic carbocycles. The predicted molar refractivity (Wildman–Crippen MR) is 97.3 cm³/mol. The summed E-state index contributed by atoms with van der Waals surface area (Å²) in [6, 6.07) is 1.68. The second-order valence-electron chi connectivity index (χ2n) is 12.1. The molecular weight excluding hydrogens is 280 g/mol. The van der Waals surface area contributed by atoms with Crippen LogP contribution in [0.25, 0.3) is 0 Å². The zero-order valence-corrected chi connectivity index (χ0v) is 16.4. The third-order valence-corrected chi connectivity index (χ3v) is 7.41. The molecule has 4 aliphatic rings. The van der Waals surface area contributed by atoms with Gasteiger partial charge in [0.05, 0.1) is 6.67 Å². The van der Waals surface area contributed by atoms with Gasteiger partial charge in [-0.2, -0.15) is 0 Å². The van der Waals surface area contributed by atoms with Crippen LogP contribution in [0.4, 0.5) is 0 Å². The van der Waals surface area contributed by atoms with Crippen molar-refractivity contribution in [1.29, 1.82) is 0 Å². The maximum absolute atomic E-state index is 2.87. The molecule has 23 heavy (non-hydrogen) atoms. The summed E-state index contributed by atoms with van der Waals surface area (Å²) >= 11 is 0. The molecular formula is C21H38N2. The van der Waals surface area contributed by atoms with Crippen LogP contribution in [0.1, 0.15) is 80.1 Å². The molecule has 2 nitrogen and oxygen atoms in total. The van der Waals surface area contributed by atoms with Gasteiger partial charge >= 0.3 is 0 Å². The molecule has 4 atom stereocenters. The van der Waals surface area contributed by atoms with Gasteiger partial charge in [0.25, 0.3) is 0 Å². The lowest BCUT2D eigenvalue weighted by molar-refractivity contribution is 0.0807. The highest BCUT2D eigenvalue weighted by Crippen LogP contribution is 2.55. The molecule has 0 unspecified atom stereocenters. The van der Waals surface area contributed by atoms with Gasteiger partial charge in [-0.3, -0.25) is 9.80 Å². The largest absolute Gasteiger partial charge is 0.287 e. The average molecular weight is 319 g/mol. The van der Waals surface area contributed by atoms with Crippen LogP contribution >= 0.6 is 0 Å². The first-order valence-corrected chi connectivity index (χ1v) is 9.95. The van der Waals surface area contributed by atoms with Crippen molar-refractivity contribution in [3.05, 3.63) is 0 Å². The average Bonchev–Trinajstić information content (AvgIpc) is 2.67. The quantitative estimate of drug-likeness (QED) is 0.725. The van der Waals surface area contributed by atoms with Gasteiger partial charge in [-0.25, -0.2) is 0 Å². The second-order valence-corrected chi connectivity index (χ2v) is 12.1. The molecule has 2 saturated carbocycles. The van der Waals surface area contributed by atoms with E-state index in [1.165, 1.54) is 58.3 Å². The van der Waals surface area contributed by atoms with Crippen LogP contribution in [0.2, 0.25) is 0 Å². The normalized spacial score (nSPS) is 48.8. The Labute approximate surface area is 144 Å². The van der Waals surface area contributed by atoms with E-state index in [1.807, 2.05) is 0 Å². The van der Waals surface area contributed by atoms with E-state index in [0.717, 1.165) is 12.1 Å². The minimum atomic E-state index is 0.543. The third kappa shape index (κ3) is 2.99. The van der Waals surface area contributed by atoms with Gasteiger partial charge in [0.1, 0.15) is 0 Å². The van der Waals surface area contributed by atoms with E-state index in [0.29, 0.717) is 21.7 Å². The fourth-order valence-corrected chi connectivity index (χ4v) is 7.72. The summed E-state index contributed by atoms with van der Waals surface area (Å²) in [6.45, 7) is 19.0. The molecule has 4 fully saturated rings. The van der Waals surface area contributed by atoms with E-state index in [4.69, 9.17) is 0 Å². The van der Waals surface area contributed by atoms with Crippen molar-refractivity contribution in [2.24, 2.45) is 21.7 Å². The smallest absolute Gasteiger partial charge is 0.0512 e. The van der Waals surface area contributed by atoms with Crippen LogP contribution in [-0.2, 0) is 0 Å². The number of rotatable bonds is 2. The molecule has 2 aliphatic heterocycles. The Morgan fingerprint density at radius 2 is 1.04 bits per heavy atom. The molecule has 2 saturated heterocycles. The van der Waals surface area contributed by atoms with E-state index < -0.39 is 0 Å². The SMILES string of the molecule is CC1(C)C[C@H]2C[C@](C)(CN2CN2C[C@@]3(C)C[C@@H]2CC(C)(C)C3)C1. The number of nitrogens with zero attached hydrogens (tertiary/aromatic N) is 2. The standard InChI is InChI=1S/C21H38N2/c1-18(2)7-16-9-20(5,11-18)13-22(16)15-23-14-21(6)10-17(23)8-19(3,4)12-21/h16-17H,7-15H2,1-6H3/t16-,17-,20-,21-/m0/s1. The van der Waals surface area contributed by atoms with Crippen molar-refractivity contribution in [3.63, 3.8) is 0 Å². The zero-order valence-electron chi connectivity index (χ0n) is 16.4. The van der Waals surface area contributed by atoms with E-state index in [9.17, 15) is 0 Å². The van der Waals surface area contributed by atoms with Gasteiger partial charge in [0.15, 0.2) is 0 Å². The summed E-state index contributed by atoms with van der Waals surface area (Å²) in [7, 11) is 0. The van der Waals surface area contributed by atoms with Gasteiger partial charge in [0.2, 0.25) is 0 Å².